The number of hydrogen-bond donors (Lipinski definition) is 1. The third kappa shape index (κ3) is 7.57. The van der Waals surface area contributed by atoms with Crippen LogP contribution in [0.3, 0.4) is 0 Å². The van der Waals surface area contributed by atoms with Gasteiger partial charge in [0.05, 0.1) is 17.1 Å². The van der Waals surface area contributed by atoms with E-state index in [0.29, 0.717) is 0 Å². The highest BCUT2D eigenvalue weighted by Gasteiger charge is 2.25. The van der Waals surface area contributed by atoms with E-state index in [1.54, 1.807) is 0 Å². The van der Waals surface area contributed by atoms with Crippen molar-refractivity contribution in [2.45, 2.75) is 65.2 Å². The molecule has 0 spiro atoms. The van der Waals surface area contributed by atoms with E-state index in [1.165, 1.54) is 11.1 Å². The molecule has 3 heteroatoms. The largest absolute Gasteiger partial charge is 0.507 e. The summed E-state index contributed by atoms with van der Waals surface area (Å²) in [6.07, 6.45) is 1.90. The van der Waals surface area contributed by atoms with Crippen LogP contribution < -0.4 is 0 Å². The Bertz CT molecular complexity index is 2370. The van der Waals surface area contributed by atoms with Gasteiger partial charge in [0, 0.05) is 34.4 Å². The molecule has 2 aromatic heterocycles. The van der Waals surface area contributed by atoms with Crippen LogP contribution in [0.25, 0.3) is 56.0 Å². The molecular weight excluding hydrogens is 645 g/mol. The van der Waals surface area contributed by atoms with E-state index in [-0.39, 0.29) is 22.5 Å². The van der Waals surface area contributed by atoms with Crippen LogP contribution in [-0.4, -0.2) is 15.1 Å². The Morgan fingerprint density at radius 2 is 1.04 bits per heavy atom. The summed E-state index contributed by atoms with van der Waals surface area (Å²) in [5, 5.41) is 12.2. The van der Waals surface area contributed by atoms with E-state index in [0.717, 1.165) is 67.2 Å². The van der Waals surface area contributed by atoms with Crippen molar-refractivity contribution in [3.63, 3.8) is 0 Å². The lowest BCUT2D eigenvalue weighted by Crippen LogP contribution is -2.12. The molecule has 0 aliphatic heterocycles. The van der Waals surface area contributed by atoms with Crippen molar-refractivity contribution in [2.24, 2.45) is 0 Å². The van der Waals surface area contributed by atoms with Crippen LogP contribution in [-0.2, 0) is 10.8 Å². The summed E-state index contributed by atoms with van der Waals surface area (Å²) >= 11 is 0. The summed E-state index contributed by atoms with van der Waals surface area (Å²) in [5.74, 6) is 0.272. The number of aromatic hydroxyl groups is 1. The van der Waals surface area contributed by atoms with Crippen LogP contribution in [0.5, 0.6) is 5.75 Å². The number of benzene rings is 5. The minimum atomic E-state index is -0.161. The molecule has 1 atom stereocenters. The number of rotatable bonds is 7. The molecule has 0 amide bonds. The van der Waals surface area contributed by atoms with Crippen LogP contribution >= 0.6 is 0 Å². The minimum Gasteiger partial charge on any atom is -0.507 e. The van der Waals surface area contributed by atoms with Gasteiger partial charge in [-0.15, -0.1) is 0 Å². The predicted octanol–water partition coefficient (Wildman–Crippen LogP) is 13.3. The van der Waals surface area contributed by atoms with E-state index >= 15 is 0 Å². The smallest absolute Gasteiger partial charge is 0.132 e. The Morgan fingerprint density at radius 3 is 1.66 bits per heavy atom. The number of pyridine rings is 2. The number of phenolic OH excluding ortho intramolecular Hbond substituents is 1. The van der Waals surface area contributed by atoms with Crippen molar-refractivity contribution >= 4 is 0 Å². The second-order valence-electron chi connectivity index (χ2n) is 16.1. The third-order valence-corrected chi connectivity index (χ3v) is 10.3. The van der Waals surface area contributed by atoms with Crippen molar-refractivity contribution in [3.8, 4) is 61.8 Å². The lowest BCUT2D eigenvalue weighted by Gasteiger charge is -2.25. The van der Waals surface area contributed by atoms with Crippen LogP contribution in [0.2, 0.25) is 0 Å². The lowest BCUT2D eigenvalue weighted by atomic mass is 9.81. The first-order valence-electron chi connectivity index (χ1n) is 18.5. The van der Waals surface area contributed by atoms with E-state index < -0.39 is 0 Å². The second kappa shape index (κ2) is 14.3. The van der Waals surface area contributed by atoms with Gasteiger partial charge in [-0.05, 0) is 98.3 Å². The van der Waals surface area contributed by atoms with E-state index in [2.05, 4.69) is 164 Å². The van der Waals surface area contributed by atoms with Gasteiger partial charge in [0.15, 0.2) is 0 Å². The third-order valence-electron chi connectivity index (χ3n) is 10.3. The number of aromatic nitrogens is 2. The molecule has 0 saturated heterocycles. The van der Waals surface area contributed by atoms with Crippen LogP contribution in [0.15, 0.2) is 152 Å². The molecule has 0 bridgehead atoms. The molecule has 5 aromatic carbocycles. The van der Waals surface area contributed by atoms with Gasteiger partial charge < -0.3 is 5.11 Å². The molecule has 1 N–H and O–H groups in total. The normalized spacial score (nSPS) is 12.4. The fraction of sp³-hybridized carbons (Fsp3) is 0.200. The maximum atomic E-state index is 12.2. The van der Waals surface area contributed by atoms with Crippen LogP contribution in [0, 0.1) is 0 Å². The summed E-state index contributed by atoms with van der Waals surface area (Å²) in [4.78, 5) is 10.4. The summed E-state index contributed by atoms with van der Waals surface area (Å²) in [5.41, 5.74) is 13.7. The molecule has 0 aliphatic carbocycles. The average Bonchev–Trinajstić information content (AvgIpc) is 3.17. The van der Waals surface area contributed by atoms with Crippen LogP contribution in [0.1, 0.15) is 76.6 Å². The molecule has 7 rings (SSSR count). The number of hydrogen-bond acceptors (Lipinski definition) is 3. The average molecular weight is 693 g/mol. The SMILES string of the molecule is CC(c1ccccc1)c1ccc(-c2cc(-c3cc(-c4ccccc4)ccn3)cc(C(C)(C)C)c2)nc1-c1cc(C(C)(C)C)cc(-c2ccccc2)c1O. The Hall–Kier alpha value is -5.80. The van der Waals surface area contributed by atoms with E-state index in [9.17, 15) is 5.11 Å². The maximum Gasteiger partial charge on any atom is 0.132 e. The fourth-order valence-corrected chi connectivity index (χ4v) is 6.96. The fourth-order valence-electron chi connectivity index (χ4n) is 6.96. The van der Waals surface area contributed by atoms with E-state index in [4.69, 9.17) is 9.97 Å². The first kappa shape index (κ1) is 35.6. The topological polar surface area (TPSA) is 46.0 Å². The van der Waals surface area contributed by atoms with Crippen molar-refractivity contribution in [1.82, 2.24) is 9.97 Å². The monoisotopic (exact) mass is 692 g/mol. The highest BCUT2D eigenvalue weighted by Crippen LogP contribution is 2.45. The quantitative estimate of drug-likeness (QED) is 0.181. The van der Waals surface area contributed by atoms with Gasteiger partial charge in [-0.2, -0.15) is 0 Å². The molecule has 0 aliphatic rings. The molecule has 0 saturated carbocycles. The summed E-state index contributed by atoms with van der Waals surface area (Å²) < 4.78 is 0. The van der Waals surface area contributed by atoms with Crippen molar-refractivity contribution < 1.29 is 5.11 Å². The standard InChI is InChI=1S/C50H48N2O/c1-33(34-17-11-8-12-18-34)42-23-24-45(52-47(42)44-32-41(50(5,6)7)31-43(48(44)53)36-21-15-10-16-22-36)38-27-39(29-40(28-38)49(2,3)4)46-30-37(25-26-51-46)35-19-13-9-14-20-35/h8-33,53H,1-7H3. The summed E-state index contributed by atoms with van der Waals surface area (Å²) in [6, 6.07) is 50.7. The molecule has 264 valence electrons. The first-order valence-corrected chi connectivity index (χ1v) is 18.5. The molecule has 53 heavy (non-hydrogen) atoms. The van der Waals surface area contributed by atoms with Gasteiger partial charge in [-0.25, -0.2) is 4.98 Å². The second-order valence-corrected chi connectivity index (χ2v) is 16.1. The van der Waals surface area contributed by atoms with Gasteiger partial charge in [0.2, 0.25) is 0 Å². The van der Waals surface area contributed by atoms with Gasteiger partial charge in [0.25, 0.3) is 0 Å². The Kier molecular flexibility index (Phi) is 9.61. The zero-order valence-corrected chi connectivity index (χ0v) is 31.9. The van der Waals surface area contributed by atoms with Gasteiger partial charge in [-0.3, -0.25) is 4.98 Å². The van der Waals surface area contributed by atoms with Gasteiger partial charge in [0.1, 0.15) is 5.75 Å². The van der Waals surface area contributed by atoms with Crippen molar-refractivity contribution in [3.05, 3.63) is 174 Å². The zero-order chi connectivity index (χ0) is 37.3. The Balaban J connectivity index is 1.46. The van der Waals surface area contributed by atoms with Gasteiger partial charge >= 0.3 is 0 Å². The minimum absolute atomic E-state index is 0.0343. The highest BCUT2D eigenvalue weighted by atomic mass is 16.3. The molecule has 3 nitrogen and oxygen atoms in total. The van der Waals surface area contributed by atoms with Crippen molar-refractivity contribution in [2.75, 3.05) is 0 Å². The molecule has 1 unspecified atom stereocenters. The zero-order valence-electron chi connectivity index (χ0n) is 31.9. The Morgan fingerprint density at radius 1 is 0.491 bits per heavy atom. The maximum absolute atomic E-state index is 12.2. The van der Waals surface area contributed by atoms with Crippen LogP contribution in [0.4, 0.5) is 0 Å². The molecule has 2 heterocycles. The van der Waals surface area contributed by atoms with Gasteiger partial charge in [-0.1, -0.05) is 146 Å². The van der Waals surface area contributed by atoms with E-state index in [1.807, 2.05) is 36.5 Å². The summed E-state index contributed by atoms with van der Waals surface area (Å²) in [7, 11) is 0. The number of nitrogens with zero attached hydrogens (tertiary/aromatic N) is 2. The summed E-state index contributed by atoms with van der Waals surface area (Å²) in [6.45, 7) is 15.6. The molecule has 0 radical (unpaired) electrons. The molecule has 7 aromatic rings. The number of phenols is 1. The van der Waals surface area contributed by atoms with Crippen molar-refractivity contribution in [1.29, 1.82) is 0 Å². The molecule has 0 fully saturated rings. The predicted molar refractivity (Wildman–Crippen MR) is 222 cm³/mol. The molecular formula is C50H48N2O. The lowest BCUT2D eigenvalue weighted by molar-refractivity contribution is 0.478. The Labute approximate surface area is 315 Å². The highest BCUT2D eigenvalue weighted by molar-refractivity contribution is 5.85. The first-order chi connectivity index (χ1) is 25.4.